The Hall–Kier alpha value is -1.24. The zero-order valence-corrected chi connectivity index (χ0v) is 18.0. The first-order valence-corrected chi connectivity index (χ1v) is 12.0. The van der Waals surface area contributed by atoms with E-state index in [1.165, 1.54) is 37.7 Å². The average Bonchev–Trinajstić information content (AvgIpc) is 3.10. The summed E-state index contributed by atoms with van der Waals surface area (Å²) in [6, 6.07) is 8.24. The van der Waals surface area contributed by atoms with E-state index in [9.17, 15) is 4.57 Å². The zero-order chi connectivity index (χ0) is 20.9. The fourth-order valence-corrected chi connectivity index (χ4v) is 4.85. The molecule has 0 bridgehead atoms. The molecule has 2 saturated carbocycles. The summed E-state index contributed by atoms with van der Waals surface area (Å²) in [5, 5.41) is 4.29. The van der Waals surface area contributed by atoms with Crippen molar-refractivity contribution < 1.29 is 23.7 Å². The number of benzene rings is 1. The van der Waals surface area contributed by atoms with E-state index in [2.05, 4.69) is 21.8 Å². The largest absolute Gasteiger partial charge is 0.469 e. The number of hydrogen-bond acceptors (Lipinski definition) is 5. The molecular weight excluding hydrogens is 391 g/mol. The third-order valence-corrected chi connectivity index (χ3v) is 6.67. The van der Waals surface area contributed by atoms with Crippen molar-refractivity contribution >= 4 is 13.5 Å². The molecule has 2 aliphatic carbocycles. The van der Waals surface area contributed by atoms with Crippen molar-refractivity contribution in [1.29, 1.82) is 0 Å². The summed E-state index contributed by atoms with van der Waals surface area (Å²) in [4.78, 5) is 23.4. The minimum atomic E-state index is -4.49. The maximum absolute atomic E-state index is 10.9. The van der Waals surface area contributed by atoms with Crippen LogP contribution in [0.3, 0.4) is 0 Å². The standard InChI is InChI=1S/C21H33N2O5P/c1-16(23-27-14-17-5-3-2-4-6-17)18-7-9-19(10-8-18)20-11-12-21(22,13-20)15-28-29(24,25)26/h7-10,17,20H,2-6,11-15,22H2,1H3,(H2,24,25,26)/t20-,21-/m1/s1. The summed E-state index contributed by atoms with van der Waals surface area (Å²) in [5.41, 5.74) is 8.65. The fourth-order valence-electron chi connectivity index (χ4n) is 4.43. The van der Waals surface area contributed by atoms with E-state index in [1.807, 2.05) is 19.1 Å². The summed E-state index contributed by atoms with van der Waals surface area (Å²) in [7, 11) is -4.49. The molecule has 1 aromatic carbocycles. The molecule has 0 heterocycles. The lowest BCUT2D eigenvalue weighted by molar-refractivity contribution is 0.0916. The molecule has 29 heavy (non-hydrogen) atoms. The van der Waals surface area contributed by atoms with Crippen molar-refractivity contribution in [2.75, 3.05) is 13.2 Å². The summed E-state index contributed by atoms with van der Waals surface area (Å²) >= 11 is 0. The van der Waals surface area contributed by atoms with Gasteiger partial charge in [-0.05, 0) is 62.0 Å². The molecule has 2 atom stereocenters. The Morgan fingerprint density at radius 1 is 1.21 bits per heavy atom. The molecule has 0 amide bonds. The lowest BCUT2D eigenvalue weighted by Crippen LogP contribution is -2.41. The van der Waals surface area contributed by atoms with Gasteiger partial charge in [0.2, 0.25) is 0 Å². The van der Waals surface area contributed by atoms with Crippen LogP contribution in [0, 0.1) is 5.92 Å². The number of oxime groups is 1. The van der Waals surface area contributed by atoms with Crippen LogP contribution in [0.1, 0.15) is 75.3 Å². The first-order chi connectivity index (χ1) is 13.7. The molecule has 2 fully saturated rings. The van der Waals surface area contributed by atoms with Crippen LogP contribution < -0.4 is 5.73 Å². The van der Waals surface area contributed by atoms with Gasteiger partial charge >= 0.3 is 7.82 Å². The van der Waals surface area contributed by atoms with Crippen LogP contribution >= 0.6 is 7.82 Å². The van der Waals surface area contributed by atoms with Crippen LogP contribution in [-0.4, -0.2) is 34.3 Å². The second-order valence-electron chi connectivity index (χ2n) is 8.66. The molecule has 3 rings (SSSR count). The van der Waals surface area contributed by atoms with Gasteiger partial charge < -0.3 is 20.4 Å². The highest BCUT2D eigenvalue weighted by atomic mass is 31.2. The zero-order valence-electron chi connectivity index (χ0n) is 17.1. The van der Waals surface area contributed by atoms with E-state index in [0.717, 1.165) is 17.7 Å². The molecule has 1 aromatic rings. The molecule has 0 radical (unpaired) electrons. The normalized spacial score (nSPS) is 26.6. The van der Waals surface area contributed by atoms with Crippen molar-refractivity contribution in [1.82, 2.24) is 0 Å². The smallest absolute Gasteiger partial charge is 0.395 e. The SMILES string of the molecule is CC(=NOCC1CCCCC1)c1ccc([C@@H]2CC[C@](N)(COP(=O)(O)O)C2)cc1. The van der Waals surface area contributed by atoms with Crippen molar-refractivity contribution in [3.8, 4) is 0 Å². The third-order valence-electron chi connectivity index (χ3n) is 6.20. The van der Waals surface area contributed by atoms with Gasteiger partial charge in [-0.15, -0.1) is 0 Å². The van der Waals surface area contributed by atoms with Crippen LogP contribution in [0.2, 0.25) is 0 Å². The van der Waals surface area contributed by atoms with E-state index in [1.54, 1.807) is 0 Å². The Morgan fingerprint density at radius 3 is 2.55 bits per heavy atom. The van der Waals surface area contributed by atoms with Gasteiger partial charge in [-0.3, -0.25) is 4.52 Å². The molecule has 0 spiro atoms. The van der Waals surface area contributed by atoms with E-state index < -0.39 is 13.4 Å². The highest BCUT2D eigenvalue weighted by Crippen LogP contribution is 2.43. The molecule has 0 aromatic heterocycles. The van der Waals surface area contributed by atoms with Gasteiger partial charge in [0.1, 0.15) is 6.61 Å². The van der Waals surface area contributed by atoms with Gasteiger partial charge in [-0.25, -0.2) is 4.57 Å². The molecule has 7 nitrogen and oxygen atoms in total. The van der Waals surface area contributed by atoms with Gasteiger partial charge in [-0.2, -0.15) is 0 Å². The topological polar surface area (TPSA) is 114 Å². The molecule has 162 valence electrons. The first-order valence-electron chi connectivity index (χ1n) is 10.5. The first kappa shape index (κ1) is 22.4. The predicted molar refractivity (Wildman–Crippen MR) is 113 cm³/mol. The number of nitrogens with two attached hydrogens (primary N) is 1. The van der Waals surface area contributed by atoms with Crippen molar-refractivity contribution in [3.63, 3.8) is 0 Å². The molecule has 2 aliphatic rings. The summed E-state index contributed by atoms with van der Waals surface area (Å²) in [6.07, 6.45) is 8.62. The van der Waals surface area contributed by atoms with Crippen LogP contribution in [0.5, 0.6) is 0 Å². The van der Waals surface area contributed by atoms with Crippen LogP contribution in [0.15, 0.2) is 29.4 Å². The van der Waals surface area contributed by atoms with E-state index in [-0.39, 0.29) is 12.5 Å². The second kappa shape index (κ2) is 9.71. The second-order valence-corrected chi connectivity index (χ2v) is 9.90. The van der Waals surface area contributed by atoms with Crippen LogP contribution in [0.4, 0.5) is 0 Å². The molecule has 0 unspecified atom stereocenters. The molecule has 4 N–H and O–H groups in total. The summed E-state index contributed by atoms with van der Waals surface area (Å²) in [5.74, 6) is 0.894. The van der Waals surface area contributed by atoms with Gasteiger partial charge in [0.05, 0.1) is 12.3 Å². The number of nitrogens with zero attached hydrogens (tertiary/aromatic N) is 1. The lowest BCUT2D eigenvalue weighted by Gasteiger charge is -2.24. The minimum Gasteiger partial charge on any atom is -0.395 e. The fraction of sp³-hybridized carbons (Fsp3) is 0.667. The number of phosphoric ester groups is 1. The quantitative estimate of drug-likeness (QED) is 0.329. The molecular formula is C21H33N2O5P. The van der Waals surface area contributed by atoms with Crippen LogP contribution in [0.25, 0.3) is 0 Å². The maximum Gasteiger partial charge on any atom is 0.469 e. The number of phosphoric acid groups is 1. The minimum absolute atomic E-state index is 0.129. The van der Waals surface area contributed by atoms with Gasteiger partial charge in [0.15, 0.2) is 0 Å². The average molecular weight is 424 g/mol. The lowest BCUT2D eigenvalue weighted by atomic mass is 9.90. The van der Waals surface area contributed by atoms with Gasteiger partial charge in [0, 0.05) is 5.54 Å². The third kappa shape index (κ3) is 6.90. The maximum atomic E-state index is 10.9. The Bertz CT molecular complexity index is 742. The number of rotatable bonds is 8. The Balaban J connectivity index is 1.51. The van der Waals surface area contributed by atoms with Crippen molar-refractivity contribution in [3.05, 3.63) is 35.4 Å². The van der Waals surface area contributed by atoms with E-state index in [4.69, 9.17) is 20.4 Å². The van der Waals surface area contributed by atoms with Crippen molar-refractivity contribution in [2.45, 2.75) is 69.7 Å². The molecule has 0 aliphatic heterocycles. The monoisotopic (exact) mass is 424 g/mol. The number of hydrogen-bond donors (Lipinski definition) is 3. The predicted octanol–water partition coefficient (Wildman–Crippen LogP) is 4.08. The van der Waals surface area contributed by atoms with E-state index >= 15 is 0 Å². The van der Waals surface area contributed by atoms with E-state index in [0.29, 0.717) is 25.4 Å². The Labute approximate surface area is 172 Å². The van der Waals surface area contributed by atoms with Crippen molar-refractivity contribution in [2.24, 2.45) is 16.8 Å². The molecule has 0 saturated heterocycles. The Morgan fingerprint density at radius 2 is 1.90 bits per heavy atom. The summed E-state index contributed by atoms with van der Waals surface area (Å²) < 4.78 is 15.6. The van der Waals surface area contributed by atoms with Crippen LogP contribution in [-0.2, 0) is 13.9 Å². The summed E-state index contributed by atoms with van der Waals surface area (Å²) in [6.45, 7) is 2.53. The molecule has 8 heteroatoms. The highest BCUT2D eigenvalue weighted by Gasteiger charge is 2.38. The Kier molecular flexibility index (Phi) is 7.52. The van der Waals surface area contributed by atoms with Gasteiger partial charge in [-0.1, -0.05) is 48.7 Å². The van der Waals surface area contributed by atoms with Gasteiger partial charge in [0.25, 0.3) is 0 Å². The highest BCUT2D eigenvalue weighted by molar-refractivity contribution is 7.46.